The molecule has 0 radical (unpaired) electrons. The van der Waals surface area contributed by atoms with Crippen molar-refractivity contribution < 1.29 is 4.79 Å². The maximum absolute atomic E-state index is 12.9. The van der Waals surface area contributed by atoms with Crippen molar-refractivity contribution in [2.75, 3.05) is 0 Å². The molecular weight excluding hydrogens is 290 g/mol. The maximum Gasteiger partial charge on any atom is 0.253 e. The van der Waals surface area contributed by atoms with Crippen LogP contribution in [0.15, 0.2) is 6.07 Å². The van der Waals surface area contributed by atoms with E-state index in [1.54, 1.807) is 10.7 Å². The van der Waals surface area contributed by atoms with E-state index in [9.17, 15) is 10.1 Å². The third kappa shape index (κ3) is 2.67. The first kappa shape index (κ1) is 15.5. The summed E-state index contributed by atoms with van der Waals surface area (Å²) in [6.45, 7) is 3.73. The molecule has 2 aromatic heterocycles. The van der Waals surface area contributed by atoms with Crippen LogP contribution < -0.4 is 5.32 Å². The fourth-order valence-corrected chi connectivity index (χ4v) is 3.45. The number of hydrogen-bond donors (Lipinski definition) is 1. The van der Waals surface area contributed by atoms with Crippen LogP contribution in [-0.4, -0.2) is 26.2 Å². The second kappa shape index (κ2) is 5.65. The van der Waals surface area contributed by atoms with Crippen molar-refractivity contribution in [1.29, 1.82) is 5.26 Å². The quantitative estimate of drug-likeness (QED) is 0.923. The lowest BCUT2D eigenvalue weighted by Crippen LogP contribution is -2.48. The molecule has 3 rings (SSSR count). The Kier molecular flexibility index (Phi) is 3.80. The zero-order valence-electron chi connectivity index (χ0n) is 13.8. The first-order chi connectivity index (χ1) is 11.0. The number of nitriles is 1. The van der Waals surface area contributed by atoms with Gasteiger partial charge in [-0.3, -0.25) is 9.48 Å². The fourth-order valence-electron chi connectivity index (χ4n) is 3.45. The molecule has 0 atom stereocenters. The molecule has 1 N–H and O–H groups in total. The molecule has 0 saturated heterocycles. The number of aromatic nitrogens is 3. The molecule has 1 aliphatic carbocycles. The summed E-state index contributed by atoms with van der Waals surface area (Å²) in [6, 6.07) is 4.11. The Labute approximate surface area is 135 Å². The minimum absolute atomic E-state index is 0.208. The van der Waals surface area contributed by atoms with Crippen molar-refractivity contribution in [2.45, 2.75) is 51.5 Å². The van der Waals surface area contributed by atoms with Crippen LogP contribution in [0.5, 0.6) is 0 Å². The average Bonchev–Trinajstić information content (AvgIpc) is 2.82. The predicted molar refractivity (Wildman–Crippen MR) is 86.9 cm³/mol. The molecule has 0 bridgehead atoms. The number of rotatable bonds is 2. The molecule has 6 heteroatoms. The van der Waals surface area contributed by atoms with E-state index in [0.29, 0.717) is 24.1 Å². The lowest BCUT2D eigenvalue weighted by Gasteiger charge is -2.31. The van der Waals surface area contributed by atoms with Gasteiger partial charge in [-0.2, -0.15) is 10.4 Å². The Morgan fingerprint density at radius 3 is 2.70 bits per heavy atom. The third-order valence-electron chi connectivity index (χ3n) is 4.62. The minimum atomic E-state index is -0.741. The van der Waals surface area contributed by atoms with Crippen molar-refractivity contribution in [1.82, 2.24) is 20.1 Å². The van der Waals surface area contributed by atoms with Gasteiger partial charge in [0.25, 0.3) is 5.91 Å². The standard InChI is InChI=1S/C17H21N5O/c1-11-9-13(14-12(2)21-22(3)15(14)19-11)16(23)20-17(10-18)7-5-4-6-8-17/h9H,4-8H2,1-3H3,(H,20,23). The van der Waals surface area contributed by atoms with Gasteiger partial charge in [0.1, 0.15) is 5.54 Å². The van der Waals surface area contributed by atoms with Gasteiger partial charge in [-0.25, -0.2) is 4.98 Å². The normalized spacial score (nSPS) is 17.0. The van der Waals surface area contributed by atoms with Crippen LogP contribution in [0.3, 0.4) is 0 Å². The van der Waals surface area contributed by atoms with Gasteiger partial charge < -0.3 is 5.32 Å². The number of amides is 1. The molecule has 1 amide bonds. The summed E-state index contributed by atoms with van der Waals surface area (Å²) in [5.74, 6) is -0.208. The van der Waals surface area contributed by atoms with E-state index >= 15 is 0 Å². The van der Waals surface area contributed by atoms with Gasteiger partial charge in [0.05, 0.1) is 22.7 Å². The molecular formula is C17H21N5O. The van der Waals surface area contributed by atoms with Gasteiger partial charge in [0, 0.05) is 12.7 Å². The van der Waals surface area contributed by atoms with Gasteiger partial charge in [0.2, 0.25) is 0 Å². The summed E-state index contributed by atoms with van der Waals surface area (Å²) < 4.78 is 1.69. The smallest absolute Gasteiger partial charge is 0.253 e. The molecule has 0 unspecified atom stereocenters. The van der Waals surface area contributed by atoms with E-state index in [1.165, 1.54) is 0 Å². The number of fused-ring (bicyclic) bond motifs is 1. The summed E-state index contributed by atoms with van der Waals surface area (Å²) in [5, 5.41) is 17.7. The summed E-state index contributed by atoms with van der Waals surface area (Å²) in [7, 11) is 1.82. The van der Waals surface area contributed by atoms with Crippen molar-refractivity contribution in [3.63, 3.8) is 0 Å². The largest absolute Gasteiger partial charge is 0.334 e. The van der Waals surface area contributed by atoms with Crippen molar-refractivity contribution in [2.24, 2.45) is 7.05 Å². The van der Waals surface area contributed by atoms with E-state index in [1.807, 2.05) is 20.9 Å². The average molecular weight is 311 g/mol. The van der Waals surface area contributed by atoms with Crippen molar-refractivity contribution >= 4 is 16.9 Å². The van der Waals surface area contributed by atoms with Crippen molar-refractivity contribution in [3.05, 3.63) is 23.0 Å². The van der Waals surface area contributed by atoms with Crippen LogP contribution >= 0.6 is 0 Å². The zero-order valence-corrected chi connectivity index (χ0v) is 13.8. The van der Waals surface area contributed by atoms with Crippen LogP contribution in [0.4, 0.5) is 0 Å². The Morgan fingerprint density at radius 2 is 2.04 bits per heavy atom. The highest BCUT2D eigenvalue weighted by Crippen LogP contribution is 2.29. The van der Waals surface area contributed by atoms with E-state index in [-0.39, 0.29) is 5.91 Å². The first-order valence-electron chi connectivity index (χ1n) is 8.00. The number of pyridine rings is 1. The lowest BCUT2D eigenvalue weighted by atomic mass is 9.82. The van der Waals surface area contributed by atoms with Gasteiger partial charge in [-0.15, -0.1) is 0 Å². The topological polar surface area (TPSA) is 83.6 Å². The van der Waals surface area contributed by atoms with Gasteiger partial charge in [0.15, 0.2) is 5.65 Å². The second-order valence-electron chi connectivity index (χ2n) is 6.43. The predicted octanol–water partition coefficient (Wildman–Crippen LogP) is 2.54. The highest BCUT2D eigenvalue weighted by molar-refractivity contribution is 6.07. The summed E-state index contributed by atoms with van der Waals surface area (Å²) in [5.41, 5.74) is 2.05. The molecule has 23 heavy (non-hydrogen) atoms. The molecule has 120 valence electrons. The van der Waals surface area contributed by atoms with Gasteiger partial charge in [-0.1, -0.05) is 19.3 Å². The first-order valence-corrected chi connectivity index (χ1v) is 8.00. The highest BCUT2D eigenvalue weighted by Gasteiger charge is 2.34. The summed E-state index contributed by atoms with van der Waals surface area (Å²) in [6.07, 6.45) is 4.51. The monoisotopic (exact) mass is 311 g/mol. The SMILES string of the molecule is Cc1cc(C(=O)NC2(C#N)CCCCC2)c2c(C)nn(C)c2n1. The lowest BCUT2D eigenvalue weighted by molar-refractivity contribution is 0.0904. The molecule has 1 saturated carbocycles. The molecule has 1 aliphatic rings. The van der Waals surface area contributed by atoms with Crippen molar-refractivity contribution in [3.8, 4) is 6.07 Å². The van der Waals surface area contributed by atoms with E-state index < -0.39 is 5.54 Å². The van der Waals surface area contributed by atoms with Crippen LogP contribution in [0, 0.1) is 25.2 Å². The number of carbonyl (C=O) groups is 1. The molecule has 1 fully saturated rings. The maximum atomic E-state index is 12.9. The molecule has 6 nitrogen and oxygen atoms in total. The highest BCUT2D eigenvalue weighted by atomic mass is 16.1. The number of nitrogens with zero attached hydrogens (tertiary/aromatic N) is 4. The van der Waals surface area contributed by atoms with Crippen LogP contribution in [0.2, 0.25) is 0 Å². The number of carbonyl (C=O) groups excluding carboxylic acids is 1. The van der Waals surface area contributed by atoms with E-state index in [0.717, 1.165) is 36.0 Å². The Balaban J connectivity index is 2.03. The van der Waals surface area contributed by atoms with Gasteiger partial charge in [-0.05, 0) is 32.8 Å². The van der Waals surface area contributed by atoms with Crippen LogP contribution in [-0.2, 0) is 7.05 Å². The number of hydrogen-bond acceptors (Lipinski definition) is 4. The zero-order chi connectivity index (χ0) is 16.6. The Morgan fingerprint density at radius 1 is 1.35 bits per heavy atom. The fraction of sp³-hybridized carbons (Fsp3) is 0.529. The minimum Gasteiger partial charge on any atom is -0.334 e. The second-order valence-corrected chi connectivity index (χ2v) is 6.43. The summed E-state index contributed by atoms with van der Waals surface area (Å²) >= 11 is 0. The molecule has 0 aromatic carbocycles. The third-order valence-corrected chi connectivity index (χ3v) is 4.62. The molecule has 2 aromatic rings. The molecule has 0 spiro atoms. The Hall–Kier alpha value is -2.42. The van der Waals surface area contributed by atoms with Crippen LogP contribution in [0.25, 0.3) is 11.0 Å². The van der Waals surface area contributed by atoms with E-state index in [2.05, 4.69) is 21.5 Å². The van der Waals surface area contributed by atoms with E-state index in [4.69, 9.17) is 0 Å². The van der Waals surface area contributed by atoms with Crippen LogP contribution in [0.1, 0.15) is 53.8 Å². The Bertz CT molecular complexity index is 808. The molecule has 2 heterocycles. The number of aryl methyl sites for hydroxylation is 3. The summed E-state index contributed by atoms with van der Waals surface area (Å²) in [4.78, 5) is 17.4. The number of nitrogens with one attached hydrogen (secondary N) is 1. The van der Waals surface area contributed by atoms with Gasteiger partial charge >= 0.3 is 0 Å². The molecule has 0 aliphatic heterocycles.